The number of ether oxygens (including phenoxy) is 1. The number of piperazine rings is 1. The lowest BCUT2D eigenvalue weighted by Gasteiger charge is -2.44. The molecule has 1 aliphatic heterocycles. The second-order valence-electron chi connectivity index (χ2n) is 9.36. The summed E-state index contributed by atoms with van der Waals surface area (Å²) < 4.78 is 19.1. The highest BCUT2D eigenvalue weighted by Gasteiger charge is 2.32. The van der Waals surface area contributed by atoms with Gasteiger partial charge in [-0.15, -0.1) is 0 Å². The Labute approximate surface area is 211 Å². The highest BCUT2D eigenvalue weighted by atomic mass is 35.5. The Balaban J connectivity index is 1.56. The lowest BCUT2D eigenvalue weighted by atomic mass is 10.1. The third kappa shape index (κ3) is 7.92. The fourth-order valence-corrected chi connectivity index (χ4v) is 4.37. The van der Waals surface area contributed by atoms with Gasteiger partial charge in [0.2, 0.25) is 5.91 Å². The number of hydrogen-bond donors (Lipinski definition) is 1. The molecule has 1 saturated heterocycles. The summed E-state index contributed by atoms with van der Waals surface area (Å²) in [6.07, 6.45) is 0. The molecule has 190 valence electrons. The van der Waals surface area contributed by atoms with E-state index in [0.717, 1.165) is 5.56 Å². The minimum atomic E-state index is -0.245. The van der Waals surface area contributed by atoms with Crippen LogP contribution >= 0.6 is 11.6 Å². The second kappa shape index (κ2) is 12.3. The van der Waals surface area contributed by atoms with E-state index in [1.807, 2.05) is 25.9 Å². The van der Waals surface area contributed by atoms with Gasteiger partial charge in [-0.3, -0.25) is 14.5 Å². The Morgan fingerprint density at radius 2 is 1.83 bits per heavy atom. The van der Waals surface area contributed by atoms with Crippen LogP contribution in [0, 0.1) is 5.82 Å². The molecule has 0 aliphatic carbocycles. The monoisotopic (exact) mass is 504 g/mol. The van der Waals surface area contributed by atoms with Crippen LogP contribution < -0.4 is 10.1 Å². The normalized spacial score (nSPS) is 18.5. The van der Waals surface area contributed by atoms with Crippen LogP contribution in [0.25, 0.3) is 0 Å². The topological polar surface area (TPSA) is 65.1 Å². The molecule has 7 nitrogen and oxygen atoms in total. The Kier molecular flexibility index (Phi) is 9.48. The fraction of sp³-hybridized carbons (Fsp3) is 0.462. The first-order valence-corrected chi connectivity index (χ1v) is 12.1. The van der Waals surface area contributed by atoms with E-state index in [1.165, 1.54) is 12.1 Å². The minimum Gasteiger partial charge on any atom is -0.483 e. The van der Waals surface area contributed by atoms with Crippen LogP contribution in [0.2, 0.25) is 5.02 Å². The van der Waals surface area contributed by atoms with Gasteiger partial charge in [0.25, 0.3) is 5.91 Å². The quantitative estimate of drug-likeness (QED) is 0.568. The summed E-state index contributed by atoms with van der Waals surface area (Å²) in [5.74, 6) is 0.0653. The van der Waals surface area contributed by atoms with Crippen molar-refractivity contribution in [3.63, 3.8) is 0 Å². The Morgan fingerprint density at radius 1 is 1.11 bits per heavy atom. The van der Waals surface area contributed by atoms with Crippen molar-refractivity contribution in [3.8, 4) is 5.75 Å². The molecule has 0 bridgehead atoms. The maximum Gasteiger partial charge on any atom is 0.260 e. The van der Waals surface area contributed by atoms with E-state index in [0.29, 0.717) is 36.0 Å². The van der Waals surface area contributed by atoms with Crippen molar-refractivity contribution in [2.45, 2.75) is 39.0 Å². The van der Waals surface area contributed by atoms with Crippen LogP contribution in [-0.4, -0.2) is 78.9 Å². The third-order valence-corrected chi connectivity index (χ3v) is 6.28. The molecule has 2 amide bonds. The number of likely N-dealkylation sites (N-methyl/N-ethyl adjacent to an activating group) is 1. The zero-order valence-corrected chi connectivity index (χ0v) is 21.5. The summed E-state index contributed by atoms with van der Waals surface area (Å²) in [5, 5.41) is 3.38. The van der Waals surface area contributed by atoms with E-state index >= 15 is 0 Å². The van der Waals surface area contributed by atoms with Gasteiger partial charge in [-0.2, -0.15) is 0 Å². The van der Waals surface area contributed by atoms with Gasteiger partial charge in [0, 0.05) is 48.8 Å². The Hall–Kier alpha value is -2.68. The number of hydrogen-bond acceptors (Lipinski definition) is 5. The largest absolute Gasteiger partial charge is 0.483 e. The summed E-state index contributed by atoms with van der Waals surface area (Å²) in [6.45, 7) is 6.55. The lowest BCUT2D eigenvalue weighted by Crippen LogP contribution is -2.58. The van der Waals surface area contributed by atoms with E-state index in [2.05, 4.69) is 17.1 Å². The molecule has 1 N–H and O–H groups in total. The zero-order chi connectivity index (χ0) is 25.5. The molecule has 3 rings (SSSR count). The van der Waals surface area contributed by atoms with Crippen molar-refractivity contribution in [1.82, 2.24) is 20.0 Å². The molecule has 0 saturated carbocycles. The molecule has 2 atom stereocenters. The van der Waals surface area contributed by atoms with Gasteiger partial charge in [0.1, 0.15) is 11.6 Å². The summed E-state index contributed by atoms with van der Waals surface area (Å²) in [6, 6.07) is 11.8. The summed E-state index contributed by atoms with van der Waals surface area (Å²) in [7, 11) is 3.65. The molecule has 1 fully saturated rings. The molecular formula is C26H34ClFN4O3. The third-order valence-electron chi connectivity index (χ3n) is 6.04. The van der Waals surface area contributed by atoms with Crippen LogP contribution in [0.15, 0.2) is 42.5 Å². The molecular weight excluding hydrogens is 471 g/mol. The number of carbonyl (C=O) groups is 2. The van der Waals surface area contributed by atoms with Gasteiger partial charge in [-0.25, -0.2) is 4.39 Å². The van der Waals surface area contributed by atoms with Crippen molar-refractivity contribution in [2.75, 3.05) is 40.3 Å². The molecule has 1 aliphatic rings. The fourth-order valence-electron chi connectivity index (χ4n) is 4.18. The van der Waals surface area contributed by atoms with Gasteiger partial charge in [-0.1, -0.05) is 23.7 Å². The van der Waals surface area contributed by atoms with Gasteiger partial charge in [0.15, 0.2) is 6.61 Å². The average Bonchev–Trinajstić information content (AvgIpc) is 2.80. The molecule has 0 aromatic heterocycles. The number of nitrogens with one attached hydrogen (secondary N) is 1. The maximum absolute atomic E-state index is 13.2. The molecule has 9 heteroatoms. The number of carbonyl (C=O) groups excluding carboxylic acids is 2. The molecule has 0 radical (unpaired) electrons. The molecule has 1 heterocycles. The minimum absolute atomic E-state index is 0.0118. The van der Waals surface area contributed by atoms with Crippen LogP contribution in [0.4, 0.5) is 4.39 Å². The SMILES string of the molecule is CC1CN(C(=O)COc2ccc(Cl)cc2CNC(=O)CN(C)C)C(C)CN1Cc1ccc(F)cc1. The molecule has 2 aromatic rings. The number of benzene rings is 2. The van der Waals surface area contributed by atoms with Gasteiger partial charge in [0.05, 0.1) is 6.54 Å². The number of halogens is 2. The Bertz CT molecular complexity index is 1020. The molecule has 35 heavy (non-hydrogen) atoms. The highest BCUT2D eigenvalue weighted by Crippen LogP contribution is 2.24. The van der Waals surface area contributed by atoms with Crippen molar-refractivity contribution >= 4 is 23.4 Å². The van der Waals surface area contributed by atoms with E-state index in [1.54, 1.807) is 35.2 Å². The van der Waals surface area contributed by atoms with Crippen molar-refractivity contribution in [2.24, 2.45) is 0 Å². The maximum atomic E-state index is 13.2. The van der Waals surface area contributed by atoms with Crippen LogP contribution in [0.1, 0.15) is 25.0 Å². The van der Waals surface area contributed by atoms with Gasteiger partial charge >= 0.3 is 0 Å². The summed E-state index contributed by atoms with van der Waals surface area (Å²) in [4.78, 5) is 31.0. The van der Waals surface area contributed by atoms with E-state index < -0.39 is 0 Å². The predicted molar refractivity (Wildman–Crippen MR) is 135 cm³/mol. The molecule has 2 unspecified atom stereocenters. The van der Waals surface area contributed by atoms with Crippen molar-refractivity contribution < 1.29 is 18.7 Å². The van der Waals surface area contributed by atoms with E-state index in [9.17, 15) is 14.0 Å². The molecule has 0 spiro atoms. The molecule has 2 aromatic carbocycles. The highest BCUT2D eigenvalue weighted by molar-refractivity contribution is 6.30. The van der Waals surface area contributed by atoms with Crippen LogP contribution in [0.5, 0.6) is 5.75 Å². The standard InChI is InChI=1S/C26H34ClFN4O3/c1-18-14-32(19(2)13-31(18)15-20-5-8-23(28)9-6-20)26(34)17-35-24-10-7-22(27)11-21(24)12-29-25(33)16-30(3)4/h5-11,18-19H,12-17H2,1-4H3,(H,29,33). The van der Waals surface area contributed by atoms with Crippen molar-refractivity contribution in [3.05, 3.63) is 64.4 Å². The van der Waals surface area contributed by atoms with Crippen LogP contribution in [-0.2, 0) is 22.7 Å². The first kappa shape index (κ1) is 26.9. The van der Waals surface area contributed by atoms with Gasteiger partial charge in [-0.05, 0) is 63.8 Å². The Morgan fingerprint density at radius 3 is 2.51 bits per heavy atom. The first-order valence-electron chi connectivity index (χ1n) is 11.7. The second-order valence-corrected chi connectivity index (χ2v) is 9.79. The predicted octanol–water partition coefficient (Wildman–Crippen LogP) is 3.16. The number of amides is 2. The summed E-state index contributed by atoms with van der Waals surface area (Å²) >= 11 is 6.14. The number of nitrogens with zero attached hydrogens (tertiary/aromatic N) is 3. The summed E-state index contributed by atoms with van der Waals surface area (Å²) in [5.41, 5.74) is 1.75. The average molecular weight is 505 g/mol. The smallest absolute Gasteiger partial charge is 0.260 e. The van der Waals surface area contributed by atoms with E-state index in [4.69, 9.17) is 16.3 Å². The van der Waals surface area contributed by atoms with Crippen LogP contribution in [0.3, 0.4) is 0 Å². The van der Waals surface area contributed by atoms with Gasteiger partial charge < -0.3 is 19.9 Å². The number of rotatable bonds is 9. The van der Waals surface area contributed by atoms with Crippen molar-refractivity contribution in [1.29, 1.82) is 0 Å². The lowest BCUT2D eigenvalue weighted by molar-refractivity contribution is -0.139. The first-order chi connectivity index (χ1) is 16.6. The zero-order valence-electron chi connectivity index (χ0n) is 20.8. The van der Waals surface area contributed by atoms with E-state index in [-0.39, 0.29) is 49.4 Å².